The first-order valence-electron chi connectivity index (χ1n) is 5.01. The Labute approximate surface area is 118 Å². The molecular weight excluding hydrogens is 334 g/mol. The van der Waals surface area contributed by atoms with E-state index in [1.807, 2.05) is 24.3 Å². The second-order valence-electron chi connectivity index (χ2n) is 3.42. The molecule has 0 N–H and O–H groups in total. The fourth-order valence-electron chi connectivity index (χ4n) is 1.74. The van der Waals surface area contributed by atoms with Crippen LogP contribution in [0.1, 0.15) is 0 Å². The van der Waals surface area contributed by atoms with Crippen molar-refractivity contribution in [2.45, 2.75) is 0 Å². The molecule has 3 aromatic rings. The zero-order valence-corrected chi connectivity index (χ0v) is 12.8. The van der Waals surface area contributed by atoms with Crippen molar-refractivity contribution in [3.8, 4) is 11.3 Å². The fourth-order valence-corrected chi connectivity index (χ4v) is 1.74. The monoisotopic (exact) mass is 341 g/mol. The van der Waals surface area contributed by atoms with Crippen LogP contribution in [-0.4, -0.2) is 0 Å². The van der Waals surface area contributed by atoms with Crippen molar-refractivity contribution >= 4 is 27.8 Å². The zero-order valence-electron chi connectivity index (χ0n) is 8.86. The van der Waals surface area contributed by atoms with Crippen molar-refractivity contribution in [2.75, 3.05) is 0 Å². The minimum absolute atomic E-state index is 0.826. The molecule has 2 aromatic carbocycles. The van der Waals surface area contributed by atoms with Crippen LogP contribution in [0.5, 0.6) is 0 Å². The molecule has 1 aromatic heterocycles. The first-order chi connectivity index (χ1) is 8.35. The Morgan fingerprint density at radius 2 is 1.82 bits per heavy atom. The molecule has 0 aliphatic rings. The van der Waals surface area contributed by atoms with Gasteiger partial charge in [-0.05, 0) is 6.07 Å². The van der Waals surface area contributed by atoms with Crippen LogP contribution in [0.25, 0.3) is 22.1 Å². The van der Waals surface area contributed by atoms with Gasteiger partial charge in [0.25, 0.3) is 0 Å². The molecule has 17 heavy (non-hydrogen) atoms. The van der Waals surface area contributed by atoms with Crippen LogP contribution < -0.4 is 0 Å². The van der Waals surface area contributed by atoms with Crippen molar-refractivity contribution in [2.24, 2.45) is 0 Å². The summed E-state index contributed by atoms with van der Waals surface area (Å²) in [4.78, 5) is 0. The number of fused-ring (bicyclic) bond motifs is 1. The van der Waals surface area contributed by atoms with Crippen molar-refractivity contribution in [3.05, 3.63) is 54.8 Å². The Morgan fingerprint density at radius 3 is 2.47 bits per heavy atom. The largest absolute Gasteiger partial charge is 0.499 e. The van der Waals surface area contributed by atoms with E-state index >= 15 is 0 Å². The van der Waals surface area contributed by atoms with Crippen LogP contribution in [0.2, 0.25) is 0 Å². The molecule has 0 spiro atoms. The van der Waals surface area contributed by atoms with E-state index in [-0.39, 0.29) is 0 Å². The third-order valence-electron chi connectivity index (χ3n) is 2.42. The molecule has 0 bridgehead atoms. The Morgan fingerprint density at radius 1 is 1.06 bits per heavy atom. The summed E-state index contributed by atoms with van der Waals surface area (Å²) in [5, 5.41) is 2.53. The zero-order chi connectivity index (χ0) is 12.1. The Hall–Kier alpha value is -0.427. The van der Waals surface area contributed by atoms with Gasteiger partial charge in [0.2, 0.25) is 0 Å². The van der Waals surface area contributed by atoms with Gasteiger partial charge in [-0.15, -0.1) is 29.0 Å². The van der Waals surface area contributed by atoms with E-state index in [1.165, 1.54) is 10.8 Å². The molecule has 0 radical (unpaired) electrons. The number of furan rings is 1. The van der Waals surface area contributed by atoms with Crippen LogP contribution in [0.4, 0.5) is 0 Å². The van der Waals surface area contributed by atoms with Crippen LogP contribution in [0.15, 0.2) is 59.2 Å². The van der Waals surface area contributed by atoms with Crippen LogP contribution in [-0.2, 0) is 20.8 Å². The molecule has 0 unspecified atom stereocenters. The topological polar surface area (TPSA) is 13.1 Å². The van der Waals surface area contributed by atoms with Crippen molar-refractivity contribution in [1.82, 2.24) is 0 Å². The maximum Gasteiger partial charge on any atom is 0.0796 e. The van der Waals surface area contributed by atoms with E-state index in [9.17, 15) is 0 Å². The molecule has 0 aliphatic heterocycles. The predicted molar refractivity (Wildman–Crippen MR) is 68.9 cm³/mol. The molecule has 0 amide bonds. The number of hydrogen-bond donors (Lipinski definition) is 0. The summed E-state index contributed by atoms with van der Waals surface area (Å²) >= 11 is -0.826. The van der Waals surface area contributed by atoms with E-state index in [0.717, 1.165) is 11.3 Å². The molecule has 0 aliphatic carbocycles. The minimum Gasteiger partial charge on any atom is -0.499 e. The number of rotatable bonds is 1. The summed E-state index contributed by atoms with van der Waals surface area (Å²) in [7, 11) is 9.87. The SMILES string of the molecule is [Cl][Zr][Cl].c1coc(-c2cc3ccccc3[cH-]2)c1. The molecule has 1 heterocycles. The summed E-state index contributed by atoms with van der Waals surface area (Å²) in [5.74, 6) is 0.932. The smallest absolute Gasteiger partial charge is 0.0796 e. The summed E-state index contributed by atoms with van der Waals surface area (Å²) < 4.78 is 5.35. The average Bonchev–Trinajstić information content (AvgIpc) is 2.99. The van der Waals surface area contributed by atoms with E-state index in [0.29, 0.717) is 0 Å². The fraction of sp³-hybridized carbons (Fsp3) is 0. The van der Waals surface area contributed by atoms with Gasteiger partial charge in [-0.2, -0.15) is 0 Å². The summed E-state index contributed by atoms with van der Waals surface area (Å²) in [5.41, 5.74) is 1.15. The third kappa shape index (κ3) is 3.28. The maximum absolute atomic E-state index is 5.35. The molecule has 4 heteroatoms. The first kappa shape index (κ1) is 13.0. The van der Waals surface area contributed by atoms with Gasteiger partial charge in [0.1, 0.15) is 0 Å². The molecule has 1 nitrogen and oxygen atoms in total. The molecular formula is C13H9Cl2OZr-. The quantitative estimate of drug-likeness (QED) is 0.554. The van der Waals surface area contributed by atoms with Crippen molar-refractivity contribution in [1.29, 1.82) is 0 Å². The summed E-state index contributed by atoms with van der Waals surface area (Å²) in [6, 6.07) is 16.5. The van der Waals surface area contributed by atoms with Crippen molar-refractivity contribution < 1.29 is 25.3 Å². The number of benzene rings is 1. The Bertz CT molecular complexity index is 539. The van der Waals surface area contributed by atoms with Gasteiger partial charge in [0.05, 0.1) is 12.0 Å². The third-order valence-corrected chi connectivity index (χ3v) is 2.42. The average molecular weight is 343 g/mol. The second kappa shape index (κ2) is 6.49. The minimum atomic E-state index is -0.826. The second-order valence-corrected chi connectivity index (χ2v) is 7.15. The first-order valence-corrected chi connectivity index (χ1v) is 11.3. The van der Waals surface area contributed by atoms with Gasteiger partial charge >= 0.3 is 37.9 Å². The van der Waals surface area contributed by atoms with Gasteiger partial charge in [-0.3, -0.25) is 0 Å². The van der Waals surface area contributed by atoms with Crippen molar-refractivity contribution in [3.63, 3.8) is 0 Å². The van der Waals surface area contributed by atoms with Gasteiger partial charge in [-0.25, -0.2) is 0 Å². The van der Waals surface area contributed by atoms with Gasteiger partial charge in [0.15, 0.2) is 0 Å². The van der Waals surface area contributed by atoms with E-state index in [1.54, 1.807) is 6.26 Å². The molecule has 3 rings (SSSR count). The summed E-state index contributed by atoms with van der Waals surface area (Å²) in [6.45, 7) is 0. The number of halogens is 2. The van der Waals surface area contributed by atoms with Crippen LogP contribution in [0, 0.1) is 0 Å². The molecule has 0 saturated heterocycles. The Kier molecular flexibility index (Phi) is 4.97. The van der Waals surface area contributed by atoms with E-state index < -0.39 is 20.8 Å². The van der Waals surface area contributed by atoms with Crippen LogP contribution in [0.3, 0.4) is 0 Å². The maximum atomic E-state index is 5.35. The predicted octanol–water partition coefficient (Wildman–Crippen LogP) is 5.20. The van der Waals surface area contributed by atoms with E-state index in [2.05, 4.69) is 24.3 Å². The summed E-state index contributed by atoms with van der Waals surface area (Å²) in [6.07, 6.45) is 1.70. The normalized spacial score (nSPS) is 9.76. The van der Waals surface area contributed by atoms with E-state index in [4.69, 9.17) is 21.4 Å². The molecule has 86 valence electrons. The van der Waals surface area contributed by atoms with Crippen LogP contribution >= 0.6 is 17.0 Å². The van der Waals surface area contributed by atoms with Gasteiger partial charge in [0, 0.05) is 0 Å². The number of hydrogen-bond acceptors (Lipinski definition) is 1. The van der Waals surface area contributed by atoms with Gasteiger partial charge in [-0.1, -0.05) is 29.8 Å². The standard InChI is InChI=1S/C13H9O.2ClH.Zr/c1-2-5-11-9-12(8-10(11)4-1)13-6-3-7-14-13;;;/h1-9H;2*1H;/q-1;;;+2/p-2. The molecule has 0 atom stereocenters. The molecule has 0 saturated carbocycles. The van der Waals surface area contributed by atoms with Gasteiger partial charge < -0.3 is 4.42 Å². The Balaban J connectivity index is 0.000000329. The molecule has 0 fully saturated rings.